The van der Waals surface area contributed by atoms with Crippen molar-refractivity contribution in [2.45, 2.75) is 6.42 Å². The number of hydrogen-bond donors (Lipinski definition) is 1. The van der Waals surface area contributed by atoms with Gasteiger partial charge in [-0.25, -0.2) is 13.6 Å². The zero-order chi connectivity index (χ0) is 21.8. The van der Waals surface area contributed by atoms with Gasteiger partial charge in [-0.2, -0.15) is 5.10 Å². The lowest BCUT2D eigenvalue weighted by Gasteiger charge is -2.14. The topological polar surface area (TPSA) is 64.7 Å². The van der Waals surface area contributed by atoms with Gasteiger partial charge in [0.25, 0.3) is 0 Å². The fraction of sp³-hybridized carbons (Fsp3) is 0.0476. The van der Waals surface area contributed by atoms with E-state index in [9.17, 15) is 13.6 Å². The Kier molecular flexibility index (Phi) is 6.92. The minimum atomic E-state index is -0.958. The van der Waals surface area contributed by atoms with Gasteiger partial charge in [-0.05, 0) is 48.0 Å². The zero-order valence-corrected chi connectivity index (χ0v) is 17.4. The second-order valence-corrected chi connectivity index (χ2v) is 7.36. The van der Waals surface area contributed by atoms with Crippen LogP contribution in [0.4, 0.5) is 8.78 Å². The van der Waals surface area contributed by atoms with Crippen molar-refractivity contribution in [1.29, 1.82) is 0 Å². The maximum atomic E-state index is 14.0. The molecule has 0 aliphatic heterocycles. The third-order valence-corrected chi connectivity index (χ3v) is 5.05. The van der Waals surface area contributed by atoms with Crippen LogP contribution in [0.25, 0.3) is 0 Å². The number of nitrogens with two attached hydrogens (primary N) is 1. The molecule has 154 valence electrons. The van der Waals surface area contributed by atoms with Gasteiger partial charge in [0.2, 0.25) is 0 Å². The summed E-state index contributed by atoms with van der Waals surface area (Å²) in [4.78, 5) is 12.4. The molecule has 0 amide bonds. The quantitative estimate of drug-likeness (QED) is 0.163. The third kappa shape index (κ3) is 4.90. The first-order valence-corrected chi connectivity index (χ1v) is 9.60. The van der Waals surface area contributed by atoms with E-state index >= 15 is 0 Å². The van der Waals surface area contributed by atoms with Crippen molar-refractivity contribution in [1.82, 2.24) is 0 Å². The number of ether oxygens (including phenoxy) is 1. The van der Waals surface area contributed by atoms with Gasteiger partial charge in [-0.1, -0.05) is 46.9 Å². The van der Waals surface area contributed by atoms with E-state index in [1.165, 1.54) is 36.4 Å². The number of benzene rings is 3. The van der Waals surface area contributed by atoms with E-state index in [2.05, 4.69) is 5.10 Å². The van der Waals surface area contributed by atoms with Crippen LogP contribution in [0.15, 0.2) is 59.7 Å². The van der Waals surface area contributed by atoms with E-state index in [1.54, 1.807) is 0 Å². The van der Waals surface area contributed by atoms with Gasteiger partial charge in [-0.15, -0.1) is 0 Å². The molecule has 0 heterocycles. The van der Waals surface area contributed by atoms with E-state index in [1.807, 2.05) is 0 Å². The second kappa shape index (κ2) is 9.43. The summed E-state index contributed by atoms with van der Waals surface area (Å²) in [6.45, 7) is 0. The highest BCUT2D eigenvalue weighted by Crippen LogP contribution is 2.31. The number of esters is 1. The summed E-state index contributed by atoms with van der Waals surface area (Å²) >= 11 is 18.3. The Morgan fingerprint density at radius 2 is 1.63 bits per heavy atom. The summed E-state index contributed by atoms with van der Waals surface area (Å²) in [5.41, 5.74) is 0.395. The molecule has 30 heavy (non-hydrogen) atoms. The number of halogens is 5. The molecule has 4 nitrogen and oxygen atoms in total. The molecular weight excluding hydrogens is 457 g/mol. The van der Waals surface area contributed by atoms with Crippen molar-refractivity contribution < 1.29 is 18.3 Å². The number of carbonyl (C=O) groups is 1. The van der Waals surface area contributed by atoms with Gasteiger partial charge < -0.3 is 10.6 Å². The van der Waals surface area contributed by atoms with Crippen LogP contribution in [0.5, 0.6) is 5.75 Å². The molecule has 0 atom stereocenters. The van der Waals surface area contributed by atoms with E-state index in [4.69, 9.17) is 45.4 Å². The number of rotatable bonds is 5. The van der Waals surface area contributed by atoms with Crippen LogP contribution >= 0.6 is 34.8 Å². The van der Waals surface area contributed by atoms with Crippen molar-refractivity contribution in [3.8, 4) is 5.75 Å². The van der Waals surface area contributed by atoms with Crippen LogP contribution in [0.3, 0.4) is 0 Å². The van der Waals surface area contributed by atoms with Crippen LogP contribution in [0.2, 0.25) is 15.1 Å². The maximum absolute atomic E-state index is 14.0. The first kappa shape index (κ1) is 22.0. The number of carbonyl (C=O) groups excluding carboxylic acids is 1. The van der Waals surface area contributed by atoms with Crippen molar-refractivity contribution in [2.24, 2.45) is 10.9 Å². The van der Waals surface area contributed by atoms with E-state index in [0.29, 0.717) is 10.6 Å². The van der Waals surface area contributed by atoms with Crippen LogP contribution < -0.4 is 10.6 Å². The summed E-state index contributed by atoms with van der Waals surface area (Å²) in [5.74, 6) is 3.13. The molecule has 0 spiro atoms. The summed E-state index contributed by atoms with van der Waals surface area (Å²) in [6, 6.07) is 11.7. The van der Waals surface area contributed by atoms with Crippen molar-refractivity contribution in [3.63, 3.8) is 0 Å². The lowest BCUT2D eigenvalue weighted by Crippen LogP contribution is -2.16. The van der Waals surface area contributed by atoms with Crippen LogP contribution in [-0.2, 0) is 6.42 Å². The molecular formula is C21H13Cl3F2N2O2. The molecule has 9 heteroatoms. The predicted molar refractivity (Wildman–Crippen MR) is 114 cm³/mol. The molecule has 0 aliphatic rings. The average molecular weight is 470 g/mol. The minimum Gasteiger partial charge on any atom is -0.422 e. The molecule has 0 bridgehead atoms. The van der Waals surface area contributed by atoms with Gasteiger partial charge in [0.05, 0.1) is 11.3 Å². The van der Waals surface area contributed by atoms with Crippen LogP contribution in [0, 0.1) is 11.6 Å². The highest BCUT2D eigenvalue weighted by Gasteiger charge is 2.20. The van der Waals surface area contributed by atoms with E-state index in [-0.39, 0.29) is 39.1 Å². The smallest absolute Gasteiger partial charge is 0.346 e. The van der Waals surface area contributed by atoms with Crippen molar-refractivity contribution in [2.75, 3.05) is 0 Å². The van der Waals surface area contributed by atoms with E-state index < -0.39 is 17.6 Å². The van der Waals surface area contributed by atoms with E-state index in [0.717, 1.165) is 18.2 Å². The van der Waals surface area contributed by atoms with Gasteiger partial charge in [-0.3, -0.25) is 0 Å². The molecule has 0 saturated heterocycles. The molecule has 3 aromatic carbocycles. The standard InChI is InChI=1S/C21H13Cl3F2N2O2/c22-11-7-16(23)14(17(24)8-11)10-19(28-27)15-9-12(25)5-6-20(15)30-21(29)13-3-1-2-4-18(13)26/h1-9H,10,27H2/b28-19-. The van der Waals surface area contributed by atoms with Gasteiger partial charge in [0, 0.05) is 27.1 Å². The summed E-state index contributed by atoms with van der Waals surface area (Å²) in [6.07, 6.45) is -0.000955. The summed E-state index contributed by atoms with van der Waals surface area (Å²) in [5, 5.41) is 4.55. The Bertz CT molecular complexity index is 1130. The molecule has 0 radical (unpaired) electrons. The zero-order valence-electron chi connectivity index (χ0n) is 15.1. The van der Waals surface area contributed by atoms with Gasteiger partial charge in [0.1, 0.15) is 17.4 Å². The molecule has 3 aromatic rings. The minimum absolute atomic E-state index is 0.000955. The average Bonchev–Trinajstić information content (AvgIpc) is 2.69. The number of hydrogen-bond acceptors (Lipinski definition) is 4. The molecule has 0 unspecified atom stereocenters. The molecule has 0 saturated carbocycles. The van der Waals surface area contributed by atoms with Gasteiger partial charge >= 0.3 is 5.97 Å². The van der Waals surface area contributed by atoms with Crippen LogP contribution in [-0.4, -0.2) is 11.7 Å². The monoisotopic (exact) mass is 468 g/mol. The first-order chi connectivity index (χ1) is 14.3. The highest BCUT2D eigenvalue weighted by molar-refractivity contribution is 6.39. The second-order valence-electron chi connectivity index (χ2n) is 6.11. The predicted octanol–water partition coefficient (Wildman–Crippen LogP) is 6.05. The van der Waals surface area contributed by atoms with Crippen molar-refractivity contribution in [3.05, 3.63) is 98.0 Å². The SMILES string of the molecule is N/N=C(/Cc1c(Cl)cc(Cl)cc1Cl)c1cc(F)ccc1OC(=O)c1ccccc1F. The highest BCUT2D eigenvalue weighted by atomic mass is 35.5. The molecule has 3 rings (SSSR count). The number of hydrazone groups is 1. The fourth-order valence-electron chi connectivity index (χ4n) is 2.72. The molecule has 0 aliphatic carbocycles. The number of nitrogens with zero attached hydrogens (tertiary/aromatic N) is 1. The Labute approximate surface area is 185 Å². The summed E-state index contributed by atoms with van der Waals surface area (Å²) in [7, 11) is 0. The molecule has 2 N–H and O–H groups in total. The largest absolute Gasteiger partial charge is 0.422 e. The van der Waals surface area contributed by atoms with Gasteiger partial charge in [0.15, 0.2) is 0 Å². The first-order valence-electron chi connectivity index (χ1n) is 8.47. The molecule has 0 fully saturated rings. The van der Waals surface area contributed by atoms with Crippen molar-refractivity contribution >= 4 is 46.5 Å². The Morgan fingerprint density at radius 3 is 2.27 bits per heavy atom. The molecule has 0 aromatic heterocycles. The van der Waals surface area contributed by atoms with Crippen LogP contribution in [0.1, 0.15) is 21.5 Å². The Morgan fingerprint density at radius 1 is 0.967 bits per heavy atom. The third-order valence-electron chi connectivity index (χ3n) is 4.15. The Hall–Kier alpha value is -2.67. The Balaban J connectivity index is 1.98. The maximum Gasteiger partial charge on any atom is 0.346 e. The fourth-order valence-corrected chi connectivity index (χ4v) is 3.67. The normalized spacial score (nSPS) is 11.4. The lowest BCUT2D eigenvalue weighted by atomic mass is 10.0. The summed E-state index contributed by atoms with van der Waals surface area (Å²) < 4.78 is 33.1. The lowest BCUT2D eigenvalue weighted by molar-refractivity contribution is 0.0729.